The van der Waals surface area contributed by atoms with Gasteiger partial charge in [0.2, 0.25) is 5.91 Å². The second-order valence-corrected chi connectivity index (χ2v) is 6.00. The molecule has 5 nitrogen and oxygen atoms in total. The number of carboxylic acid groups (broad SMARTS) is 1. The SMILES string of the molecule is CC1(C(=O)O)CCCN(C(=O)C2CCC(N)C2)C1. The molecule has 3 unspecified atom stereocenters. The second-order valence-electron chi connectivity index (χ2n) is 6.00. The predicted octanol–water partition coefficient (Wildman–Crippen LogP) is 0.827. The Kier molecular flexibility index (Phi) is 3.61. The number of nitrogens with zero attached hydrogens (tertiary/aromatic N) is 1. The first-order valence-corrected chi connectivity index (χ1v) is 6.70. The second kappa shape index (κ2) is 4.88. The van der Waals surface area contributed by atoms with Gasteiger partial charge in [0.1, 0.15) is 0 Å². The number of carbonyl (C=O) groups is 2. The summed E-state index contributed by atoms with van der Waals surface area (Å²) in [4.78, 5) is 25.3. The quantitative estimate of drug-likeness (QED) is 0.764. The molecule has 1 saturated heterocycles. The maximum absolute atomic E-state index is 12.3. The van der Waals surface area contributed by atoms with Gasteiger partial charge in [-0.3, -0.25) is 9.59 Å². The molecule has 0 spiro atoms. The number of carboxylic acids is 1. The molecule has 3 atom stereocenters. The van der Waals surface area contributed by atoms with E-state index in [4.69, 9.17) is 5.73 Å². The molecule has 102 valence electrons. The van der Waals surface area contributed by atoms with Crippen LogP contribution in [0, 0.1) is 11.3 Å². The van der Waals surface area contributed by atoms with Gasteiger partial charge in [-0.25, -0.2) is 0 Å². The first-order valence-electron chi connectivity index (χ1n) is 6.70. The lowest BCUT2D eigenvalue weighted by Crippen LogP contribution is -2.49. The van der Waals surface area contributed by atoms with Crippen LogP contribution in [0.1, 0.15) is 39.0 Å². The maximum atomic E-state index is 12.3. The lowest BCUT2D eigenvalue weighted by atomic mass is 9.81. The highest BCUT2D eigenvalue weighted by Crippen LogP contribution is 2.33. The van der Waals surface area contributed by atoms with E-state index in [1.807, 2.05) is 0 Å². The fourth-order valence-electron chi connectivity index (χ4n) is 3.10. The van der Waals surface area contributed by atoms with Crippen molar-refractivity contribution in [3.8, 4) is 0 Å². The number of hydrogen-bond donors (Lipinski definition) is 2. The van der Waals surface area contributed by atoms with Crippen molar-refractivity contribution in [1.29, 1.82) is 0 Å². The van der Waals surface area contributed by atoms with Gasteiger partial charge in [-0.05, 0) is 39.0 Å². The van der Waals surface area contributed by atoms with Crippen LogP contribution in [0.25, 0.3) is 0 Å². The van der Waals surface area contributed by atoms with E-state index in [0.717, 1.165) is 25.7 Å². The summed E-state index contributed by atoms with van der Waals surface area (Å²) in [6, 6.07) is 0.134. The van der Waals surface area contributed by atoms with Crippen molar-refractivity contribution in [3.63, 3.8) is 0 Å². The Bertz CT molecular complexity index is 358. The van der Waals surface area contributed by atoms with Gasteiger partial charge < -0.3 is 15.7 Å². The van der Waals surface area contributed by atoms with E-state index >= 15 is 0 Å². The molecule has 2 aliphatic rings. The molecule has 5 heteroatoms. The zero-order valence-corrected chi connectivity index (χ0v) is 10.9. The Labute approximate surface area is 107 Å². The van der Waals surface area contributed by atoms with E-state index in [1.54, 1.807) is 11.8 Å². The van der Waals surface area contributed by atoms with Crippen LogP contribution in [-0.4, -0.2) is 41.0 Å². The van der Waals surface area contributed by atoms with Crippen LogP contribution in [-0.2, 0) is 9.59 Å². The number of likely N-dealkylation sites (tertiary alicyclic amines) is 1. The molecule has 2 fully saturated rings. The number of amides is 1. The van der Waals surface area contributed by atoms with Crippen molar-refractivity contribution >= 4 is 11.9 Å². The first kappa shape index (κ1) is 13.3. The molecule has 1 aliphatic heterocycles. The lowest BCUT2D eigenvalue weighted by molar-refractivity contribution is -0.154. The molecule has 0 aromatic carbocycles. The zero-order chi connectivity index (χ0) is 13.3. The monoisotopic (exact) mass is 254 g/mol. The summed E-state index contributed by atoms with van der Waals surface area (Å²) < 4.78 is 0. The van der Waals surface area contributed by atoms with Crippen molar-refractivity contribution in [2.24, 2.45) is 17.1 Å². The van der Waals surface area contributed by atoms with Gasteiger partial charge >= 0.3 is 5.97 Å². The van der Waals surface area contributed by atoms with Crippen LogP contribution < -0.4 is 5.73 Å². The molecule has 2 rings (SSSR count). The number of hydrogen-bond acceptors (Lipinski definition) is 3. The third-order valence-electron chi connectivity index (χ3n) is 4.35. The zero-order valence-electron chi connectivity index (χ0n) is 10.9. The third kappa shape index (κ3) is 2.51. The summed E-state index contributed by atoms with van der Waals surface area (Å²) in [6.07, 6.45) is 3.92. The average Bonchev–Trinajstić information content (AvgIpc) is 2.75. The summed E-state index contributed by atoms with van der Waals surface area (Å²) in [6.45, 7) is 2.76. The topological polar surface area (TPSA) is 83.6 Å². The van der Waals surface area contributed by atoms with Gasteiger partial charge in [0.05, 0.1) is 5.41 Å². The molecule has 1 saturated carbocycles. The fraction of sp³-hybridized carbons (Fsp3) is 0.846. The largest absolute Gasteiger partial charge is 0.481 e. The van der Waals surface area contributed by atoms with Gasteiger partial charge in [-0.1, -0.05) is 0 Å². The Hall–Kier alpha value is -1.10. The maximum Gasteiger partial charge on any atom is 0.311 e. The predicted molar refractivity (Wildman–Crippen MR) is 66.9 cm³/mol. The minimum atomic E-state index is -0.803. The van der Waals surface area contributed by atoms with Crippen LogP contribution in [0.4, 0.5) is 0 Å². The fourth-order valence-corrected chi connectivity index (χ4v) is 3.10. The molecule has 1 amide bonds. The Balaban J connectivity index is 2.00. The average molecular weight is 254 g/mol. The Morgan fingerprint density at radius 1 is 1.39 bits per heavy atom. The van der Waals surface area contributed by atoms with E-state index in [2.05, 4.69) is 0 Å². The number of piperidine rings is 1. The van der Waals surface area contributed by atoms with Crippen molar-refractivity contribution in [3.05, 3.63) is 0 Å². The number of rotatable bonds is 2. The molecular weight excluding hydrogens is 232 g/mol. The van der Waals surface area contributed by atoms with Crippen molar-refractivity contribution in [1.82, 2.24) is 4.90 Å². The lowest BCUT2D eigenvalue weighted by Gasteiger charge is -2.38. The number of carbonyl (C=O) groups excluding carboxylic acids is 1. The van der Waals surface area contributed by atoms with Crippen molar-refractivity contribution < 1.29 is 14.7 Å². The van der Waals surface area contributed by atoms with E-state index < -0.39 is 11.4 Å². The van der Waals surface area contributed by atoms with E-state index in [1.165, 1.54) is 0 Å². The normalized spacial score (nSPS) is 36.7. The molecule has 1 heterocycles. The summed E-state index contributed by atoms with van der Waals surface area (Å²) >= 11 is 0. The van der Waals surface area contributed by atoms with Gasteiger partial charge in [-0.2, -0.15) is 0 Å². The molecular formula is C13H22N2O3. The molecule has 0 aromatic heterocycles. The smallest absolute Gasteiger partial charge is 0.311 e. The highest BCUT2D eigenvalue weighted by Gasteiger charge is 2.41. The van der Waals surface area contributed by atoms with Crippen LogP contribution in [0.15, 0.2) is 0 Å². The number of aliphatic carboxylic acids is 1. The van der Waals surface area contributed by atoms with E-state index in [0.29, 0.717) is 19.5 Å². The summed E-state index contributed by atoms with van der Waals surface area (Å²) in [5.74, 6) is -0.686. The minimum absolute atomic E-state index is 0.0103. The van der Waals surface area contributed by atoms with E-state index in [9.17, 15) is 14.7 Å². The van der Waals surface area contributed by atoms with Crippen LogP contribution in [0.5, 0.6) is 0 Å². The number of nitrogens with two attached hydrogens (primary N) is 1. The van der Waals surface area contributed by atoms with Gasteiger partial charge in [-0.15, -0.1) is 0 Å². The van der Waals surface area contributed by atoms with Crippen molar-refractivity contribution in [2.75, 3.05) is 13.1 Å². The molecule has 3 N–H and O–H groups in total. The van der Waals surface area contributed by atoms with Crippen molar-refractivity contribution in [2.45, 2.75) is 45.1 Å². The molecule has 0 radical (unpaired) electrons. The highest BCUT2D eigenvalue weighted by molar-refractivity contribution is 5.81. The first-order chi connectivity index (χ1) is 8.42. The van der Waals surface area contributed by atoms with Gasteiger partial charge in [0.15, 0.2) is 0 Å². The Morgan fingerprint density at radius 3 is 2.67 bits per heavy atom. The minimum Gasteiger partial charge on any atom is -0.481 e. The summed E-state index contributed by atoms with van der Waals surface area (Å²) in [5.41, 5.74) is 5.05. The summed E-state index contributed by atoms with van der Waals surface area (Å²) in [5, 5.41) is 9.25. The summed E-state index contributed by atoms with van der Waals surface area (Å²) in [7, 11) is 0. The molecule has 18 heavy (non-hydrogen) atoms. The molecule has 0 aromatic rings. The highest BCUT2D eigenvalue weighted by atomic mass is 16.4. The molecule has 1 aliphatic carbocycles. The van der Waals surface area contributed by atoms with Crippen LogP contribution in [0.3, 0.4) is 0 Å². The van der Waals surface area contributed by atoms with Gasteiger partial charge in [0, 0.05) is 25.0 Å². The molecule has 0 bridgehead atoms. The van der Waals surface area contributed by atoms with E-state index in [-0.39, 0.29) is 17.9 Å². The van der Waals surface area contributed by atoms with Crippen LogP contribution >= 0.6 is 0 Å². The van der Waals surface area contributed by atoms with Gasteiger partial charge in [0.25, 0.3) is 0 Å². The van der Waals surface area contributed by atoms with Crippen LogP contribution in [0.2, 0.25) is 0 Å². The Morgan fingerprint density at radius 2 is 2.11 bits per heavy atom. The third-order valence-corrected chi connectivity index (χ3v) is 4.35. The standard InChI is InChI=1S/C13H22N2O3/c1-13(12(17)18)5-2-6-15(8-13)11(16)9-3-4-10(14)7-9/h9-10H,2-8,14H2,1H3,(H,17,18).